The fourth-order valence-corrected chi connectivity index (χ4v) is 6.64. The maximum Gasteiger partial charge on any atom is 0.254 e. The molecule has 65 heavy (non-hydrogen) atoms. The minimum absolute atomic E-state index is 0.0659. The molecule has 0 aromatic carbocycles. The molecule has 9 atom stereocenters. The van der Waals surface area contributed by atoms with Gasteiger partial charge in [0.25, 0.3) is 5.91 Å². The van der Waals surface area contributed by atoms with Crippen LogP contribution in [0.3, 0.4) is 0 Å². The number of nitrogens with one attached hydrogen (secondary N) is 6. The smallest absolute Gasteiger partial charge is 0.254 e. The van der Waals surface area contributed by atoms with Crippen molar-refractivity contribution in [2.24, 2.45) is 23.7 Å². The van der Waals surface area contributed by atoms with Crippen molar-refractivity contribution in [3.8, 4) is 0 Å². The number of likely N-dealkylation sites (N-methyl/N-ethyl adjacent to an activating group) is 3. The predicted octanol–water partition coefficient (Wildman–Crippen LogP) is 2.47. The second-order valence-electron chi connectivity index (χ2n) is 18.1. The van der Waals surface area contributed by atoms with E-state index in [9.17, 15) is 43.5 Å². The van der Waals surface area contributed by atoms with Gasteiger partial charge in [-0.05, 0) is 82.6 Å². The number of ether oxygens (including phenoxy) is 1. The molecule has 8 amide bonds. The summed E-state index contributed by atoms with van der Waals surface area (Å²) < 4.78 is 5.12. The van der Waals surface area contributed by atoms with E-state index in [-0.39, 0.29) is 54.8 Å². The van der Waals surface area contributed by atoms with E-state index in [1.807, 2.05) is 48.5 Å². The number of allylic oxidation sites excluding steroid dienone is 3. The van der Waals surface area contributed by atoms with Crippen LogP contribution in [0.2, 0.25) is 0 Å². The maximum atomic E-state index is 14.5. The predicted molar refractivity (Wildman–Crippen MR) is 251 cm³/mol. The minimum Gasteiger partial charge on any atom is -0.497 e. The monoisotopic (exact) mass is 919 g/mol. The SMILES string of the molecule is C=C(OC)/C(=C\C=C\CC[C@H](NC(=O)[C@H](CC(C)C)N(C)C(=O)C(NC(=O)[C@H](CC(C)C)NC(=O)[C@H](C)N(C)C(=O)[C@H](CC(C)C)NC=O)[C@@H](C)CC)C(=O)N[C@H](C)C(C)O)C(=O)NC. The van der Waals surface area contributed by atoms with Crippen LogP contribution >= 0.6 is 0 Å². The van der Waals surface area contributed by atoms with Crippen molar-refractivity contribution in [1.82, 2.24) is 41.7 Å². The zero-order chi connectivity index (χ0) is 50.3. The number of hydrogen-bond acceptors (Lipinski definition) is 10. The van der Waals surface area contributed by atoms with Crippen molar-refractivity contribution in [1.29, 1.82) is 0 Å². The van der Waals surface area contributed by atoms with Gasteiger partial charge in [-0.1, -0.05) is 80.5 Å². The molecule has 0 saturated carbocycles. The molecule has 2 unspecified atom stereocenters. The fraction of sp³-hybridized carbons (Fsp3) is 0.702. The van der Waals surface area contributed by atoms with Gasteiger partial charge < -0.3 is 51.5 Å². The molecule has 370 valence electrons. The van der Waals surface area contributed by atoms with Crippen LogP contribution in [0.1, 0.15) is 115 Å². The highest BCUT2D eigenvalue weighted by molar-refractivity contribution is 5.98. The summed E-state index contributed by atoms with van der Waals surface area (Å²) in [5.74, 6) is -4.12. The van der Waals surface area contributed by atoms with E-state index in [0.29, 0.717) is 19.3 Å². The van der Waals surface area contributed by atoms with Crippen LogP contribution in [0.5, 0.6) is 0 Å². The van der Waals surface area contributed by atoms with E-state index >= 15 is 0 Å². The normalized spacial score (nSPS) is 15.9. The first-order valence-electron chi connectivity index (χ1n) is 22.7. The second kappa shape index (κ2) is 30.0. The van der Waals surface area contributed by atoms with Crippen LogP contribution in [0.4, 0.5) is 0 Å². The molecule has 0 aliphatic heterocycles. The number of hydrogen-bond donors (Lipinski definition) is 7. The summed E-state index contributed by atoms with van der Waals surface area (Å²) in [5, 5.41) is 26.4. The van der Waals surface area contributed by atoms with E-state index in [1.165, 1.54) is 58.0 Å². The lowest BCUT2D eigenvalue weighted by Crippen LogP contribution is -2.61. The molecule has 0 aromatic heterocycles. The molecule has 7 N–H and O–H groups in total. The Morgan fingerprint density at radius 2 is 1.25 bits per heavy atom. The van der Waals surface area contributed by atoms with E-state index in [2.05, 4.69) is 38.5 Å². The van der Waals surface area contributed by atoms with Crippen LogP contribution in [0.25, 0.3) is 0 Å². The van der Waals surface area contributed by atoms with Crippen LogP contribution < -0.4 is 31.9 Å². The molecular weight excluding hydrogens is 837 g/mol. The van der Waals surface area contributed by atoms with Crippen molar-refractivity contribution in [3.63, 3.8) is 0 Å². The van der Waals surface area contributed by atoms with Crippen LogP contribution in [0, 0.1) is 23.7 Å². The summed E-state index contributed by atoms with van der Waals surface area (Å²) in [4.78, 5) is 110. The molecule has 0 aliphatic rings. The van der Waals surface area contributed by atoms with Crippen molar-refractivity contribution in [2.45, 2.75) is 163 Å². The molecule has 0 spiro atoms. The standard InChI is InChI=1S/C47H82N8O10/c1-17-30(8)40(53-44(61)37(23-27(2)3)52-41(58)32(10)54(14)46(63)38(49-26-56)24-28(4)5)47(64)55(15)39(25-29(6)7)45(62)51-36(43(60)50-31(9)33(11)57)22-20-18-19-21-35(34(12)65-16)42(59)48-13/h18-19,21,26-33,36-40,57H,12,17,20,22-25H2,1-11,13-16H3,(H,48,59)(H,49,56)(H,50,60)(H,51,62)(H,52,58)(H,53,61)/b19-18+,35-21+/t30-,31+,32-,33?,36-,37-,38-,39-,40?/m0/s1. The summed E-state index contributed by atoms with van der Waals surface area (Å²) in [6.45, 7) is 23.4. The van der Waals surface area contributed by atoms with Gasteiger partial charge in [0, 0.05) is 21.1 Å². The van der Waals surface area contributed by atoms with Gasteiger partial charge in [-0.3, -0.25) is 38.4 Å². The highest BCUT2D eigenvalue weighted by atomic mass is 16.5. The van der Waals surface area contributed by atoms with Gasteiger partial charge in [0.15, 0.2) is 0 Å². The van der Waals surface area contributed by atoms with E-state index in [0.717, 1.165) is 0 Å². The highest BCUT2D eigenvalue weighted by Gasteiger charge is 2.38. The average molecular weight is 919 g/mol. The largest absolute Gasteiger partial charge is 0.497 e. The summed E-state index contributed by atoms with van der Waals surface area (Å²) in [7, 11) is 5.79. The Bertz CT molecular complexity index is 1640. The summed E-state index contributed by atoms with van der Waals surface area (Å²) >= 11 is 0. The topological polar surface area (TPSA) is 245 Å². The van der Waals surface area contributed by atoms with Crippen LogP contribution in [-0.4, -0.2) is 139 Å². The molecule has 0 radical (unpaired) electrons. The van der Waals surface area contributed by atoms with Gasteiger partial charge in [0.05, 0.1) is 24.8 Å². The fourth-order valence-electron chi connectivity index (χ4n) is 6.64. The van der Waals surface area contributed by atoms with E-state index in [4.69, 9.17) is 4.74 Å². The first-order chi connectivity index (χ1) is 30.3. The Balaban J connectivity index is 6.66. The Hall–Kier alpha value is -5.26. The molecule has 0 fully saturated rings. The van der Waals surface area contributed by atoms with Crippen molar-refractivity contribution in [2.75, 3.05) is 28.3 Å². The summed E-state index contributed by atoms with van der Waals surface area (Å²) in [6, 6.07) is -6.86. The maximum absolute atomic E-state index is 14.5. The third-order valence-corrected chi connectivity index (χ3v) is 11.3. The minimum atomic E-state index is -1.11. The zero-order valence-corrected chi connectivity index (χ0v) is 41.7. The first-order valence-corrected chi connectivity index (χ1v) is 22.7. The Labute approximate surface area is 387 Å². The number of aliphatic hydroxyl groups is 1. The van der Waals surface area contributed by atoms with Crippen LogP contribution in [0.15, 0.2) is 36.1 Å². The lowest BCUT2D eigenvalue weighted by molar-refractivity contribution is -0.145. The van der Waals surface area contributed by atoms with Gasteiger partial charge >= 0.3 is 0 Å². The quantitative estimate of drug-likeness (QED) is 0.0240. The van der Waals surface area contributed by atoms with Crippen LogP contribution in [-0.2, 0) is 43.1 Å². The summed E-state index contributed by atoms with van der Waals surface area (Å²) in [6.07, 6.45) is 6.04. The number of rotatable bonds is 30. The van der Waals surface area contributed by atoms with E-state index in [1.54, 1.807) is 26.0 Å². The molecular formula is C47H82N8O10. The third-order valence-electron chi connectivity index (χ3n) is 11.3. The van der Waals surface area contributed by atoms with Gasteiger partial charge in [-0.15, -0.1) is 0 Å². The van der Waals surface area contributed by atoms with Gasteiger partial charge in [-0.2, -0.15) is 0 Å². The number of amides is 8. The number of methoxy groups -OCH3 is 1. The van der Waals surface area contributed by atoms with Crippen molar-refractivity contribution < 1.29 is 48.2 Å². The van der Waals surface area contributed by atoms with Gasteiger partial charge in [0.1, 0.15) is 42.0 Å². The molecule has 0 aliphatic carbocycles. The van der Waals surface area contributed by atoms with Gasteiger partial charge in [-0.25, -0.2) is 0 Å². The first kappa shape index (κ1) is 59.7. The molecule has 0 bridgehead atoms. The Kier molecular flexibility index (Phi) is 27.6. The van der Waals surface area contributed by atoms with Crippen molar-refractivity contribution >= 4 is 47.8 Å². The third kappa shape index (κ3) is 20.6. The number of aliphatic hydroxyl groups excluding tert-OH is 1. The lowest BCUT2D eigenvalue weighted by Gasteiger charge is -2.35. The molecule has 0 rings (SSSR count). The summed E-state index contributed by atoms with van der Waals surface area (Å²) in [5.41, 5.74) is 0.197. The lowest BCUT2D eigenvalue weighted by atomic mass is 9.94. The molecule has 18 heteroatoms. The number of carbonyl (C=O) groups excluding carboxylic acids is 8. The average Bonchev–Trinajstić information content (AvgIpc) is 3.24. The van der Waals surface area contributed by atoms with E-state index < -0.39 is 95.7 Å². The molecule has 0 saturated heterocycles. The van der Waals surface area contributed by atoms with Crippen molar-refractivity contribution in [3.05, 3.63) is 36.1 Å². The molecule has 0 heterocycles. The molecule has 0 aromatic rings. The van der Waals surface area contributed by atoms with Gasteiger partial charge in [0.2, 0.25) is 41.9 Å². The number of carbonyl (C=O) groups is 8. The number of nitrogens with zero attached hydrogens (tertiary/aromatic N) is 2. The zero-order valence-electron chi connectivity index (χ0n) is 41.7. The Morgan fingerprint density at radius 1 is 0.708 bits per heavy atom. The Morgan fingerprint density at radius 3 is 1.74 bits per heavy atom. The molecule has 18 nitrogen and oxygen atoms in total. The second-order valence-corrected chi connectivity index (χ2v) is 18.1. The highest BCUT2D eigenvalue weighted by Crippen LogP contribution is 2.19.